The molecule has 104 valence electrons. The topological polar surface area (TPSA) is 106 Å². The number of anilines is 1. The Morgan fingerprint density at radius 3 is 2.65 bits per heavy atom. The minimum absolute atomic E-state index is 0.145. The smallest absolute Gasteiger partial charge is 0.371 e. The highest BCUT2D eigenvalue weighted by molar-refractivity contribution is 6.31. The van der Waals surface area contributed by atoms with E-state index in [4.69, 9.17) is 26.9 Å². The van der Waals surface area contributed by atoms with Crippen molar-refractivity contribution in [2.45, 2.75) is 6.54 Å². The third kappa shape index (κ3) is 3.10. The van der Waals surface area contributed by atoms with Crippen LogP contribution in [0.1, 0.15) is 26.7 Å². The number of nitrogens with one attached hydrogen (secondary N) is 1. The van der Waals surface area contributed by atoms with Gasteiger partial charge in [-0.05, 0) is 30.3 Å². The van der Waals surface area contributed by atoms with Crippen LogP contribution in [0.3, 0.4) is 0 Å². The molecule has 0 fully saturated rings. The van der Waals surface area contributed by atoms with Crippen LogP contribution < -0.4 is 11.1 Å². The van der Waals surface area contributed by atoms with Gasteiger partial charge in [-0.1, -0.05) is 11.6 Å². The van der Waals surface area contributed by atoms with E-state index in [9.17, 15) is 9.59 Å². The molecule has 0 aliphatic carbocycles. The predicted octanol–water partition coefficient (Wildman–Crippen LogP) is 2.34. The van der Waals surface area contributed by atoms with Gasteiger partial charge in [0.1, 0.15) is 5.76 Å². The molecule has 1 aromatic carbocycles. The first-order valence-electron chi connectivity index (χ1n) is 5.62. The summed E-state index contributed by atoms with van der Waals surface area (Å²) in [6.45, 7) is 0.217. The molecule has 0 bridgehead atoms. The highest BCUT2D eigenvalue weighted by atomic mass is 35.5. The van der Waals surface area contributed by atoms with Crippen molar-refractivity contribution in [1.29, 1.82) is 0 Å². The molecule has 1 aromatic heterocycles. The standard InChI is InChI=1S/C13H11ClN2O4/c14-7-1-3-10(9(5-7)12(15)17)16-6-8-2-4-11(20-8)13(18)19/h1-5,16H,6H2,(H2,15,17)(H,18,19). The van der Waals surface area contributed by atoms with E-state index in [0.717, 1.165) is 0 Å². The van der Waals surface area contributed by atoms with Crippen LogP contribution in [0.5, 0.6) is 0 Å². The number of carboxylic acids is 1. The lowest BCUT2D eigenvalue weighted by atomic mass is 10.1. The van der Waals surface area contributed by atoms with E-state index >= 15 is 0 Å². The van der Waals surface area contributed by atoms with Crippen LogP contribution in [-0.2, 0) is 6.54 Å². The van der Waals surface area contributed by atoms with E-state index in [1.165, 1.54) is 18.2 Å². The van der Waals surface area contributed by atoms with E-state index < -0.39 is 11.9 Å². The van der Waals surface area contributed by atoms with Gasteiger partial charge in [0.15, 0.2) is 0 Å². The summed E-state index contributed by atoms with van der Waals surface area (Å²) in [7, 11) is 0. The zero-order valence-corrected chi connectivity index (χ0v) is 11.0. The van der Waals surface area contributed by atoms with Crippen LogP contribution in [0.4, 0.5) is 5.69 Å². The van der Waals surface area contributed by atoms with Gasteiger partial charge >= 0.3 is 5.97 Å². The molecule has 6 nitrogen and oxygen atoms in total. The first kappa shape index (κ1) is 14.0. The molecule has 0 saturated heterocycles. The number of furan rings is 1. The Balaban J connectivity index is 2.14. The van der Waals surface area contributed by atoms with Crippen LogP contribution in [0, 0.1) is 0 Å². The van der Waals surface area contributed by atoms with Crippen molar-refractivity contribution in [2.75, 3.05) is 5.32 Å². The molecule has 0 spiro atoms. The molecule has 2 aromatic rings. The van der Waals surface area contributed by atoms with E-state index in [0.29, 0.717) is 16.5 Å². The Hall–Kier alpha value is -2.47. The van der Waals surface area contributed by atoms with Gasteiger partial charge in [-0.15, -0.1) is 0 Å². The van der Waals surface area contributed by atoms with Gasteiger partial charge in [-0.3, -0.25) is 4.79 Å². The molecule has 1 heterocycles. The minimum Gasteiger partial charge on any atom is -0.475 e. The van der Waals surface area contributed by atoms with E-state index in [1.807, 2.05) is 0 Å². The highest BCUT2D eigenvalue weighted by Crippen LogP contribution is 2.21. The van der Waals surface area contributed by atoms with Gasteiger partial charge in [0, 0.05) is 10.7 Å². The Morgan fingerprint density at radius 2 is 2.05 bits per heavy atom. The lowest BCUT2D eigenvalue weighted by Crippen LogP contribution is -2.14. The highest BCUT2D eigenvalue weighted by Gasteiger charge is 2.11. The SMILES string of the molecule is NC(=O)c1cc(Cl)ccc1NCc1ccc(C(=O)O)o1. The number of benzene rings is 1. The number of carbonyl (C=O) groups excluding carboxylic acids is 1. The number of carbonyl (C=O) groups is 2. The maximum Gasteiger partial charge on any atom is 0.371 e. The van der Waals surface area contributed by atoms with Gasteiger partial charge in [-0.2, -0.15) is 0 Å². The molecule has 1 amide bonds. The summed E-state index contributed by atoms with van der Waals surface area (Å²) in [6, 6.07) is 7.58. The third-order valence-electron chi connectivity index (χ3n) is 2.57. The van der Waals surface area contributed by atoms with Crippen molar-refractivity contribution in [3.63, 3.8) is 0 Å². The number of primary amides is 1. The van der Waals surface area contributed by atoms with Crippen LogP contribution in [-0.4, -0.2) is 17.0 Å². The number of amides is 1. The lowest BCUT2D eigenvalue weighted by molar-refractivity contribution is 0.0660. The first-order valence-corrected chi connectivity index (χ1v) is 6.00. The second-order valence-electron chi connectivity index (χ2n) is 3.98. The molecular weight excluding hydrogens is 284 g/mol. The number of rotatable bonds is 5. The fourth-order valence-corrected chi connectivity index (χ4v) is 1.82. The van der Waals surface area contributed by atoms with E-state index in [2.05, 4.69) is 5.32 Å². The normalized spacial score (nSPS) is 10.2. The van der Waals surface area contributed by atoms with Crippen LogP contribution >= 0.6 is 11.6 Å². The van der Waals surface area contributed by atoms with Crippen LogP contribution in [0.25, 0.3) is 0 Å². The first-order chi connectivity index (χ1) is 9.47. The maximum absolute atomic E-state index is 11.3. The molecule has 7 heteroatoms. The van der Waals surface area contributed by atoms with Crippen molar-refractivity contribution in [3.8, 4) is 0 Å². The Labute approximate surface area is 119 Å². The number of carboxylic acid groups (broad SMARTS) is 1. The summed E-state index contributed by atoms with van der Waals surface area (Å²) in [5.74, 6) is -1.47. The lowest BCUT2D eigenvalue weighted by Gasteiger charge is -2.09. The molecule has 0 radical (unpaired) electrons. The molecule has 0 unspecified atom stereocenters. The van der Waals surface area contributed by atoms with Crippen LogP contribution in [0.15, 0.2) is 34.7 Å². The van der Waals surface area contributed by atoms with E-state index in [-0.39, 0.29) is 17.9 Å². The summed E-state index contributed by atoms with van der Waals surface area (Å²) in [5, 5.41) is 12.1. The van der Waals surface area contributed by atoms with E-state index in [1.54, 1.807) is 12.1 Å². The maximum atomic E-state index is 11.3. The number of hydrogen-bond acceptors (Lipinski definition) is 4. The number of halogens is 1. The molecular formula is C13H11ClN2O4. The number of nitrogens with two attached hydrogens (primary N) is 1. The zero-order valence-electron chi connectivity index (χ0n) is 10.2. The van der Waals surface area contributed by atoms with Gasteiger partial charge in [-0.25, -0.2) is 4.79 Å². The fraction of sp³-hybridized carbons (Fsp3) is 0.0769. The molecule has 0 atom stereocenters. The van der Waals surface area contributed by atoms with Gasteiger partial charge in [0.2, 0.25) is 5.76 Å². The second-order valence-corrected chi connectivity index (χ2v) is 4.42. The Kier molecular flexibility index (Phi) is 3.95. The van der Waals surface area contributed by atoms with Crippen molar-refractivity contribution >= 4 is 29.2 Å². The van der Waals surface area contributed by atoms with Crippen LogP contribution in [0.2, 0.25) is 5.02 Å². The number of hydrogen-bond donors (Lipinski definition) is 3. The Morgan fingerprint density at radius 1 is 1.30 bits per heavy atom. The van der Waals surface area contributed by atoms with Crippen molar-refractivity contribution in [2.24, 2.45) is 5.73 Å². The average Bonchev–Trinajstić information content (AvgIpc) is 2.86. The molecule has 0 aliphatic rings. The monoisotopic (exact) mass is 294 g/mol. The summed E-state index contributed by atoms with van der Waals surface area (Å²) in [6.07, 6.45) is 0. The zero-order chi connectivity index (χ0) is 14.7. The average molecular weight is 295 g/mol. The fourth-order valence-electron chi connectivity index (χ4n) is 1.64. The summed E-state index contributed by atoms with van der Waals surface area (Å²) in [5.41, 5.74) is 6.01. The molecule has 2 rings (SSSR count). The summed E-state index contributed by atoms with van der Waals surface area (Å²) < 4.78 is 5.09. The van der Waals surface area contributed by atoms with Gasteiger partial charge in [0.05, 0.1) is 12.1 Å². The molecule has 0 saturated carbocycles. The number of aromatic carboxylic acids is 1. The molecule has 4 N–H and O–H groups in total. The quantitative estimate of drug-likeness (QED) is 0.785. The second kappa shape index (κ2) is 5.66. The summed E-state index contributed by atoms with van der Waals surface area (Å²) >= 11 is 5.80. The largest absolute Gasteiger partial charge is 0.475 e. The van der Waals surface area contributed by atoms with Crippen molar-refractivity contribution < 1.29 is 19.1 Å². The third-order valence-corrected chi connectivity index (χ3v) is 2.81. The van der Waals surface area contributed by atoms with Gasteiger partial charge in [0.25, 0.3) is 5.91 Å². The predicted molar refractivity (Wildman–Crippen MR) is 73.0 cm³/mol. The van der Waals surface area contributed by atoms with Crippen molar-refractivity contribution in [3.05, 3.63) is 52.4 Å². The molecule has 0 aliphatic heterocycles. The van der Waals surface area contributed by atoms with Gasteiger partial charge < -0.3 is 20.6 Å². The van der Waals surface area contributed by atoms with Crippen molar-refractivity contribution in [1.82, 2.24) is 0 Å². The Bertz CT molecular complexity index is 666. The summed E-state index contributed by atoms with van der Waals surface area (Å²) in [4.78, 5) is 22.0. The minimum atomic E-state index is -1.14. The molecule has 20 heavy (non-hydrogen) atoms.